The second-order valence-corrected chi connectivity index (χ2v) is 2.47. The van der Waals surface area contributed by atoms with Crippen molar-refractivity contribution in [3.05, 3.63) is 0 Å². The van der Waals surface area contributed by atoms with E-state index in [2.05, 4.69) is 10.1 Å². The summed E-state index contributed by atoms with van der Waals surface area (Å²) in [6.45, 7) is 2.11. The van der Waals surface area contributed by atoms with Crippen LogP contribution in [0.2, 0.25) is 0 Å². The number of rotatable bonds is 5. The minimum absolute atomic E-state index is 0.0670. The van der Waals surface area contributed by atoms with Crippen molar-refractivity contribution in [3.63, 3.8) is 0 Å². The van der Waals surface area contributed by atoms with E-state index in [1.54, 1.807) is 0 Å². The first-order valence-corrected chi connectivity index (χ1v) is 4.03. The van der Waals surface area contributed by atoms with Crippen LogP contribution in [0.1, 0.15) is 13.3 Å². The molecule has 2 amide bonds. The smallest absolute Gasteiger partial charge is 0.404 e. The molecule has 0 rings (SSSR count). The summed E-state index contributed by atoms with van der Waals surface area (Å²) in [6.07, 6.45) is -0.281. The van der Waals surface area contributed by atoms with Crippen LogP contribution < -0.4 is 16.8 Å². The molecule has 0 aliphatic rings. The fraction of sp³-hybridized carbons (Fsp3) is 0.714. The predicted molar refractivity (Wildman–Crippen MR) is 46.8 cm³/mol. The van der Waals surface area contributed by atoms with Gasteiger partial charge in [0.1, 0.15) is 6.61 Å². The minimum atomic E-state index is -0.853. The van der Waals surface area contributed by atoms with Crippen molar-refractivity contribution < 1.29 is 14.3 Å². The van der Waals surface area contributed by atoms with Crippen molar-refractivity contribution in [2.75, 3.05) is 13.2 Å². The largest absolute Gasteiger partial charge is 0.448 e. The number of primary amides is 1. The summed E-state index contributed by atoms with van der Waals surface area (Å²) < 4.78 is 4.39. The summed E-state index contributed by atoms with van der Waals surface area (Å²) >= 11 is 0. The minimum Gasteiger partial charge on any atom is -0.448 e. The average Bonchev–Trinajstić information content (AvgIpc) is 2.10. The summed E-state index contributed by atoms with van der Waals surface area (Å²) in [7, 11) is 0. The van der Waals surface area contributed by atoms with Crippen molar-refractivity contribution in [2.45, 2.75) is 19.4 Å². The molecule has 76 valence electrons. The maximum absolute atomic E-state index is 11.0. The quantitative estimate of drug-likeness (QED) is 0.479. The number of hydrogen-bond donors (Lipinski definition) is 3. The van der Waals surface area contributed by atoms with Crippen LogP contribution in [-0.2, 0) is 9.53 Å². The molecular formula is C7H15N3O3. The van der Waals surface area contributed by atoms with E-state index in [4.69, 9.17) is 11.5 Å². The number of nitrogens with one attached hydrogen (secondary N) is 1. The highest BCUT2D eigenvalue weighted by Gasteiger charge is 2.09. The Morgan fingerprint density at radius 3 is 2.62 bits per heavy atom. The van der Waals surface area contributed by atoms with Gasteiger partial charge in [0.05, 0.1) is 12.6 Å². The summed E-state index contributed by atoms with van der Waals surface area (Å²) in [6, 6.07) is -0.506. The molecule has 0 saturated carbocycles. The molecule has 5 N–H and O–H groups in total. The molecule has 0 radical (unpaired) electrons. The van der Waals surface area contributed by atoms with E-state index >= 15 is 0 Å². The van der Waals surface area contributed by atoms with Crippen LogP contribution in [0.25, 0.3) is 0 Å². The maximum atomic E-state index is 11.0. The van der Waals surface area contributed by atoms with Crippen LogP contribution in [0.5, 0.6) is 0 Å². The van der Waals surface area contributed by atoms with E-state index in [9.17, 15) is 9.59 Å². The first-order valence-electron chi connectivity index (χ1n) is 4.03. The van der Waals surface area contributed by atoms with Gasteiger partial charge in [0.15, 0.2) is 0 Å². The van der Waals surface area contributed by atoms with Gasteiger partial charge < -0.3 is 21.5 Å². The van der Waals surface area contributed by atoms with Gasteiger partial charge in [0.25, 0.3) is 0 Å². The molecule has 13 heavy (non-hydrogen) atoms. The number of nitrogens with two attached hydrogens (primary N) is 2. The highest BCUT2D eigenvalue weighted by molar-refractivity contribution is 5.81. The second-order valence-electron chi connectivity index (χ2n) is 2.47. The third-order valence-electron chi connectivity index (χ3n) is 1.42. The Hall–Kier alpha value is -1.30. The summed E-state index contributed by atoms with van der Waals surface area (Å²) in [4.78, 5) is 21.1. The van der Waals surface area contributed by atoms with Gasteiger partial charge in [-0.3, -0.25) is 4.79 Å². The molecule has 0 spiro atoms. The third-order valence-corrected chi connectivity index (χ3v) is 1.42. The predicted octanol–water partition coefficient (Wildman–Crippen LogP) is -1.06. The molecule has 0 saturated heterocycles. The van der Waals surface area contributed by atoms with Gasteiger partial charge in [-0.2, -0.15) is 0 Å². The van der Waals surface area contributed by atoms with Crippen LogP contribution in [0, 0.1) is 0 Å². The maximum Gasteiger partial charge on any atom is 0.404 e. The Kier molecular flexibility index (Phi) is 5.62. The molecule has 6 nitrogen and oxygen atoms in total. The van der Waals surface area contributed by atoms with Gasteiger partial charge in [-0.25, -0.2) is 4.79 Å². The lowest BCUT2D eigenvalue weighted by atomic mass is 10.2. The highest BCUT2D eigenvalue weighted by atomic mass is 16.5. The van der Waals surface area contributed by atoms with E-state index in [1.807, 2.05) is 6.92 Å². The number of carbonyl (C=O) groups excluding carboxylic acids is 2. The van der Waals surface area contributed by atoms with E-state index < -0.39 is 12.1 Å². The molecule has 0 aromatic heterocycles. The molecular weight excluding hydrogens is 174 g/mol. The van der Waals surface area contributed by atoms with Gasteiger partial charge in [0.2, 0.25) is 5.91 Å². The Labute approximate surface area is 76.6 Å². The lowest BCUT2D eigenvalue weighted by Crippen LogP contribution is -2.41. The lowest BCUT2D eigenvalue weighted by molar-refractivity contribution is -0.122. The van der Waals surface area contributed by atoms with Crippen LogP contribution in [0.4, 0.5) is 4.79 Å². The Morgan fingerprint density at radius 1 is 1.54 bits per heavy atom. The van der Waals surface area contributed by atoms with Crippen molar-refractivity contribution in [1.29, 1.82) is 0 Å². The van der Waals surface area contributed by atoms with Gasteiger partial charge in [0, 0.05) is 0 Å². The molecule has 6 heteroatoms. The standard InChI is InChI=1S/C7H15N3O3/c1-2-5(8)6(11)10-3-4-13-7(9)12/h5H,2-4,8H2,1H3,(H2,9,12)(H,10,11)/t5-/m1/s1. The SMILES string of the molecule is CC[C@@H](N)C(=O)NCCOC(N)=O. The van der Waals surface area contributed by atoms with Crippen LogP contribution in [0.3, 0.4) is 0 Å². The Morgan fingerprint density at radius 2 is 2.15 bits per heavy atom. The summed E-state index contributed by atoms with van der Waals surface area (Å²) in [5.41, 5.74) is 10.1. The molecule has 0 unspecified atom stereocenters. The van der Waals surface area contributed by atoms with E-state index in [0.29, 0.717) is 6.42 Å². The first kappa shape index (κ1) is 11.7. The van der Waals surface area contributed by atoms with E-state index in [0.717, 1.165) is 0 Å². The zero-order valence-electron chi connectivity index (χ0n) is 7.58. The fourth-order valence-corrected chi connectivity index (χ4v) is 0.642. The molecule has 0 aliphatic heterocycles. The van der Waals surface area contributed by atoms with Crippen molar-refractivity contribution in [1.82, 2.24) is 5.32 Å². The molecule has 0 fully saturated rings. The monoisotopic (exact) mass is 189 g/mol. The van der Waals surface area contributed by atoms with Crippen molar-refractivity contribution >= 4 is 12.0 Å². The average molecular weight is 189 g/mol. The number of amides is 2. The molecule has 0 aromatic rings. The van der Waals surface area contributed by atoms with Crippen molar-refractivity contribution in [3.8, 4) is 0 Å². The van der Waals surface area contributed by atoms with Gasteiger partial charge >= 0.3 is 6.09 Å². The summed E-state index contributed by atoms with van der Waals surface area (Å²) in [5.74, 6) is -0.254. The van der Waals surface area contributed by atoms with Crippen LogP contribution in [-0.4, -0.2) is 31.2 Å². The normalized spacial score (nSPS) is 11.8. The van der Waals surface area contributed by atoms with Crippen LogP contribution in [0.15, 0.2) is 0 Å². The summed E-state index contributed by atoms with van der Waals surface area (Å²) in [5, 5.41) is 2.49. The van der Waals surface area contributed by atoms with E-state index in [-0.39, 0.29) is 19.1 Å². The fourth-order valence-electron chi connectivity index (χ4n) is 0.642. The molecule has 0 aromatic carbocycles. The zero-order valence-corrected chi connectivity index (χ0v) is 7.58. The molecule has 0 aliphatic carbocycles. The number of carbonyl (C=O) groups is 2. The first-order chi connectivity index (χ1) is 6.07. The topological polar surface area (TPSA) is 107 Å². The Balaban J connectivity index is 3.42. The molecule has 1 atom stereocenters. The van der Waals surface area contributed by atoms with E-state index in [1.165, 1.54) is 0 Å². The molecule has 0 bridgehead atoms. The van der Waals surface area contributed by atoms with Crippen molar-refractivity contribution in [2.24, 2.45) is 11.5 Å². The lowest BCUT2D eigenvalue weighted by Gasteiger charge is -2.09. The number of hydrogen-bond acceptors (Lipinski definition) is 4. The third kappa shape index (κ3) is 5.92. The van der Waals surface area contributed by atoms with Gasteiger partial charge in [-0.05, 0) is 6.42 Å². The zero-order chi connectivity index (χ0) is 10.3. The second kappa shape index (κ2) is 6.24. The Bertz CT molecular complexity index is 184. The molecule has 0 heterocycles. The van der Waals surface area contributed by atoms with Gasteiger partial charge in [-0.1, -0.05) is 6.92 Å². The highest BCUT2D eigenvalue weighted by Crippen LogP contribution is 1.84. The number of ether oxygens (including phenoxy) is 1. The van der Waals surface area contributed by atoms with Crippen LogP contribution >= 0.6 is 0 Å². The van der Waals surface area contributed by atoms with Gasteiger partial charge in [-0.15, -0.1) is 0 Å².